The number of rotatable bonds is 1. The minimum absolute atomic E-state index is 0.194. The highest BCUT2D eigenvalue weighted by Crippen LogP contribution is 2.25. The Morgan fingerprint density at radius 3 is 2.64 bits per heavy atom. The first-order valence-corrected chi connectivity index (χ1v) is 5.16. The van der Waals surface area contributed by atoms with Crippen molar-refractivity contribution in [2.45, 2.75) is 11.8 Å². The molecule has 0 atom stereocenters. The molecule has 0 saturated carbocycles. The quantitative estimate of drug-likeness (QED) is 0.670. The van der Waals surface area contributed by atoms with Crippen LogP contribution < -0.4 is 0 Å². The highest BCUT2D eigenvalue weighted by Gasteiger charge is 2.03. The van der Waals surface area contributed by atoms with Gasteiger partial charge in [-0.15, -0.1) is 11.8 Å². The van der Waals surface area contributed by atoms with Gasteiger partial charge in [0, 0.05) is 4.90 Å². The van der Waals surface area contributed by atoms with Crippen LogP contribution in [0, 0.1) is 12.7 Å². The maximum atomic E-state index is 12.9. The van der Waals surface area contributed by atoms with Crippen molar-refractivity contribution in [3.8, 4) is 0 Å². The standard InChI is InChI=1S/C8H8BrFS/c1-5-3-6(9)7(10)4-8(5)11-2/h3-4H,1-2H3. The van der Waals surface area contributed by atoms with Crippen molar-refractivity contribution in [2.24, 2.45) is 0 Å². The van der Waals surface area contributed by atoms with E-state index in [0.717, 1.165) is 10.5 Å². The highest BCUT2D eigenvalue weighted by atomic mass is 79.9. The molecule has 0 aromatic heterocycles. The van der Waals surface area contributed by atoms with E-state index in [9.17, 15) is 4.39 Å². The van der Waals surface area contributed by atoms with Crippen molar-refractivity contribution in [3.05, 3.63) is 28.0 Å². The lowest BCUT2D eigenvalue weighted by atomic mass is 10.2. The largest absolute Gasteiger partial charge is 0.206 e. The highest BCUT2D eigenvalue weighted by molar-refractivity contribution is 9.10. The molecule has 0 amide bonds. The van der Waals surface area contributed by atoms with Crippen molar-refractivity contribution in [2.75, 3.05) is 6.26 Å². The summed E-state index contributed by atoms with van der Waals surface area (Å²) in [5.41, 5.74) is 1.10. The SMILES string of the molecule is CSc1cc(F)c(Br)cc1C. The molecule has 0 bridgehead atoms. The van der Waals surface area contributed by atoms with Crippen molar-refractivity contribution < 1.29 is 4.39 Å². The van der Waals surface area contributed by atoms with Crippen molar-refractivity contribution in [3.63, 3.8) is 0 Å². The second-order valence-corrected chi connectivity index (χ2v) is 3.94. The van der Waals surface area contributed by atoms with Gasteiger partial charge in [-0.25, -0.2) is 4.39 Å². The molecule has 0 aliphatic heterocycles. The Bertz CT molecular complexity index is 273. The molecular formula is C8H8BrFS. The van der Waals surface area contributed by atoms with Gasteiger partial charge in [-0.3, -0.25) is 0 Å². The third-order valence-corrected chi connectivity index (χ3v) is 2.93. The molecule has 0 unspecified atom stereocenters. The van der Waals surface area contributed by atoms with Gasteiger partial charge in [0.05, 0.1) is 4.47 Å². The van der Waals surface area contributed by atoms with Crippen LogP contribution in [0.1, 0.15) is 5.56 Å². The summed E-state index contributed by atoms with van der Waals surface area (Å²) < 4.78 is 13.4. The lowest BCUT2D eigenvalue weighted by molar-refractivity contribution is 0.616. The predicted molar refractivity (Wildman–Crippen MR) is 50.6 cm³/mol. The van der Waals surface area contributed by atoms with Crippen molar-refractivity contribution in [1.82, 2.24) is 0 Å². The van der Waals surface area contributed by atoms with E-state index in [1.165, 1.54) is 0 Å². The number of hydrogen-bond acceptors (Lipinski definition) is 1. The molecule has 1 aromatic rings. The Morgan fingerprint density at radius 2 is 2.09 bits per heavy atom. The number of benzene rings is 1. The van der Waals surface area contributed by atoms with Gasteiger partial charge in [-0.05, 0) is 46.8 Å². The van der Waals surface area contributed by atoms with Gasteiger partial charge in [0.15, 0.2) is 0 Å². The van der Waals surface area contributed by atoms with E-state index in [2.05, 4.69) is 15.9 Å². The van der Waals surface area contributed by atoms with Gasteiger partial charge >= 0.3 is 0 Å². The molecule has 0 N–H and O–H groups in total. The minimum atomic E-state index is -0.194. The summed E-state index contributed by atoms with van der Waals surface area (Å²) >= 11 is 4.68. The second kappa shape index (κ2) is 3.59. The van der Waals surface area contributed by atoms with Gasteiger partial charge in [0.1, 0.15) is 5.82 Å². The van der Waals surface area contributed by atoms with Gasteiger partial charge < -0.3 is 0 Å². The monoisotopic (exact) mass is 234 g/mol. The summed E-state index contributed by atoms with van der Waals surface area (Å²) in [5, 5.41) is 0. The fraction of sp³-hybridized carbons (Fsp3) is 0.250. The van der Waals surface area contributed by atoms with Crippen LogP contribution in [0.25, 0.3) is 0 Å². The summed E-state index contributed by atoms with van der Waals surface area (Å²) in [4.78, 5) is 0.991. The number of halogens is 2. The van der Waals surface area contributed by atoms with Crippen LogP contribution in [0.5, 0.6) is 0 Å². The molecule has 1 aromatic carbocycles. The Hall–Kier alpha value is -0.0200. The molecule has 3 heteroatoms. The topological polar surface area (TPSA) is 0 Å². The zero-order chi connectivity index (χ0) is 8.43. The van der Waals surface area contributed by atoms with E-state index in [0.29, 0.717) is 4.47 Å². The van der Waals surface area contributed by atoms with Crippen LogP contribution in [0.15, 0.2) is 21.5 Å². The summed E-state index contributed by atoms with van der Waals surface area (Å²) in [6.07, 6.45) is 1.94. The van der Waals surface area contributed by atoms with Crippen LogP contribution in [0.3, 0.4) is 0 Å². The lowest BCUT2D eigenvalue weighted by Crippen LogP contribution is -1.83. The number of aryl methyl sites for hydroxylation is 1. The molecule has 0 fully saturated rings. The predicted octanol–water partition coefficient (Wildman–Crippen LogP) is 3.62. The average molecular weight is 235 g/mol. The van der Waals surface area contributed by atoms with Crippen LogP contribution in [-0.2, 0) is 0 Å². The zero-order valence-corrected chi connectivity index (χ0v) is 8.72. The summed E-state index contributed by atoms with van der Waals surface area (Å²) in [6.45, 7) is 1.97. The molecule has 0 saturated heterocycles. The Morgan fingerprint density at radius 1 is 1.45 bits per heavy atom. The van der Waals surface area contributed by atoms with Crippen LogP contribution in [0.4, 0.5) is 4.39 Å². The molecule has 0 nitrogen and oxygen atoms in total. The van der Waals surface area contributed by atoms with Crippen molar-refractivity contribution >= 4 is 27.7 Å². The van der Waals surface area contributed by atoms with E-state index in [1.807, 2.05) is 13.2 Å². The maximum Gasteiger partial charge on any atom is 0.138 e. The molecule has 0 radical (unpaired) electrons. The third-order valence-electron chi connectivity index (χ3n) is 1.44. The van der Waals surface area contributed by atoms with E-state index >= 15 is 0 Å². The van der Waals surface area contributed by atoms with Crippen LogP contribution >= 0.6 is 27.7 Å². The second-order valence-electron chi connectivity index (χ2n) is 2.24. The first-order valence-electron chi connectivity index (χ1n) is 3.15. The molecule has 1 rings (SSSR count). The fourth-order valence-corrected chi connectivity index (χ4v) is 1.91. The molecular weight excluding hydrogens is 227 g/mol. The van der Waals surface area contributed by atoms with E-state index < -0.39 is 0 Å². The molecule has 0 aliphatic carbocycles. The normalized spacial score (nSPS) is 10.2. The first-order chi connectivity index (χ1) is 5.15. The molecule has 60 valence electrons. The van der Waals surface area contributed by atoms with E-state index in [4.69, 9.17) is 0 Å². The van der Waals surface area contributed by atoms with Gasteiger partial charge in [0.25, 0.3) is 0 Å². The van der Waals surface area contributed by atoms with Gasteiger partial charge in [-0.1, -0.05) is 0 Å². The molecule has 0 heterocycles. The molecule has 0 aliphatic rings. The average Bonchev–Trinajstić information content (AvgIpc) is 1.97. The lowest BCUT2D eigenvalue weighted by Gasteiger charge is -2.02. The summed E-state index contributed by atoms with van der Waals surface area (Å²) in [6, 6.07) is 3.34. The van der Waals surface area contributed by atoms with Gasteiger partial charge in [-0.2, -0.15) is 0 Å². The van der Waals surface area contributed by atoms with Crippen LogP contribution in [-0.4, -0.2) is 6.26 Å². The summed E-state index contributed by atoms with van der Waals surface area (Å²) in [5.74, 6) is -0.194. The molecule has 11 heavy (non-hydrogen) atoms. The van der Waals surface area contributed by atoms with Crippen LogP contribution in [0.2, 0.25) is 0 Å². The van der Waals surface area contributed by atoms with Gasteiger partial charge in [0.2, 0.25) is 0 Å². The smallest absolute Gasteiger partial charge is 0.138 e. The zero-order valence-electron chi connectivity index (χ0n) is 6.32. The van der Waals surface area contributed by atoms with E-state index in [1.54, 1.807) is 23.9 Å². The number of thioether (sulfide) groups is 1. The maximum absolute atomic E-state index is 12.9. The Kier molecular flexibility index (Phi) is 2.96. The third kappa shape index (κ3) is 1.97. The first kappa shape index (κ1) is 9.07. The Labute approximate surface area is 78.3 Å². The van der Waals surface area contributed by atoms with E-state index in [-0.39, 0.29) is 5.82 Å². The minimum Gasteiger partial charge on any atom is -0.206 e. The Balaban J connectivity index is 3.21. The number of hydrogen-bond donors (Lipinski definition) is 0. The van der Waals surface area contributed by atoms with Crippen molar-refractivity contribution in [1.29, 1.82) is 0 Å². The fourth-order valence-electron chi connectivity index (χ4n) is 0.848. The summed E-state index contributed by atoms with van der Waals surface area (Å²) in [7, 11) is 0. The molecule has 0 spiro atoms.